The first-order valence-electron chi connectivity index (χ1n) is 14.7. The van der Waals surface area contributed by atoms with Gasteiger partial charge in [-0.2, -0.15) is 5.26 Å². The number of carbonyl (C=O) groups is 2. The van der Waals surface area contributed by atoms with Crippen LogP contribution >= 0.6 is 0 Å². The van der Waals surface area contributed by atoms with Crippen molar-refractivity contribution >= 4 is 22.7 Å². The average molecular weight is 505 g/mol. The molecule has 6 nitrogen and oxygen atoms in total. The van der Waals surface area contributed by atoms with Crippen LogP contribution in [0.4, 0.5) is 0 Å². The zero-order valence-corrected chi connectivity index (χ0v) is 23.0. The normalized spacial score (nSPS) is 20.1. The Hall–Kier alpha value is -2.81. The summed E-state index contributed by atoms with van der Waals surface area (Å²) in [7, 11) is 0. The van der Waals surface area contributed by atoms with Crippen molar-refractivity contribution in [2.45, 2.75) is 110 Å². The van der Waals surface area contributed by atoms with Crippen molar-refractivity contribution in [2.24, 2.45) is 5.92 Å². The Bertz CT molecular complexity index is 1120. The predicted molar refractivity (Wildman–Crippen MR) is 148 cm³/mol. The lowest BCUT2D eigenvalue weighted by Gasteiger charge is -2.39. The molecule has 200 valence electrons. The van der Waals surface area contributed by atoms with Gasteiger partial charge in [0.15, 0.2) is 0 Å². The van der Waals surface area contributed by atoms with E-state index in [1.165, 1.54) is 11.1 Å². The molecule has 0 bridgehead atoms. The highest BCUT2D eigenvalue weighted by Gasteiger charge is 2.40. The van der Waals surface area contributed by atoms with Gasteiger partial charge < -0.3 is 14.4 Å². The van der Waals surface area contributed by atoms with Crippen molar-refractivity contribution in [2.75, 3.05) is 13.1 Å². The van der Waals surface area contributed by atoms with E-state index in [9.17, 15) is 14.9 Å². The SMILES string of the molecule is CCCC(CCC)C(=O)N1CCC[C@@H]1C(=O)N1CCCC[C@H]1CCc1cc2ccc(C#N)cc2n1CC. The maximum Gasteiger partial charge on any atom is 0.245 e. The molecule has 37 heavy (non-hydrogen) atoms. The lowest BCUT2D eigenvalue weighted by molar-refractivity contribution is -0.148. The first kappa shape index (κ1) is 27.2. The number of nitrogens with zero attached hydrogens (tertiary/aromatic N) is 4. The van der Waals surface area contributed by atoms with Gasteiger partial charge in [-0.1, -0.05) is 32.8 Å². The van der Waals surface area contributed by atoms with Gasteiger partial charge in [-0.3, -0.25) is 9.59 Å². The third kappa shape index (κ3) is 5.87. The molecule has 3 heterocycles. The minimum atomic E-state index is -0.282. The molecule has 1 aromatic heterocycles. The maximum absolute atomic E-state index is 13.9. The molecule has 0 aliphatic carbocycles. The van der Waals surface area contributed by atoms with Gasteiger partial charge in [0, 0.05) is 42.8 Å². The van der Waals surface area contributed by atoms with Crippen LogP contribution in [0.1, 0.15) is 96.2 Å². The number of benzene rings is 1. The molecule has 2 aliphatic heterocycles. The van der Waals surface area contributed by atoms with E-state index in [1.54, 1.807) is 0 Å². The molecule has 2 aliphatic rings. The standard InChI is InChI=1S/C31H44N4O2/c1-4-10-24(11-5-2)30(36)35-19-9-13-28(35)31(37)34-18-8-7-12-26(34)16-17-27-21-25-15-14-23(22-32)20-29(25)33(27)6-3/h14-15,20-21,24,26,28H,4-13,16-19H2,1-3H3/t26-,28+/m0/s1. The third-order valence-corrected chi connectivity index (χ3v) is 8.52. The Morgan fingerprint density at radius 3 is 2.46 bits per heavy atom. The minimum absolute atomic E-state index is 0.0538. The number of amides is 2. The van der Waals surface area contributed by atoms with Crippen LogP contribution in [0.5, 0.6) is 0 Å². The van der Waals surface area contributed by atoms with Gasteiger partial charge >= 0.3 is 0 Å². The van der Waals surface area contributed by atoms with Crippen LogP contribution in [-0.2, 0) is 22.6 Å². The number of aromatic nitrogens is 1. The number of rotatable bonds is 10. The smallest absolute Gasteiger partial charge is 0.245 e. The van der Waals surface area contributed by atoms with Crippen LogP contribution in [0.15, 0.2) is 24.3 Å². The summed E-state index contributed by atoms with van der Waals surface area (Å²) in [6.07, 6.45) is 10.6. The van der Waals surface area contributed by atoms with E-state index in [1.807, 2.05) is 23.1 Å². The highest BCUT2D eigenvalue weighted by molar-refractivity contribution is 5.89. The molecule has 0 unspecified atom stereocenters. The number of piperidine rings is 1. The van der Waals surface area contributed by atoms with E-state index in [2.05, 4.69) is 42.4 Å². The van der Waals surface area contributed by atoms with Crippen molar-refractivity contribution in [1.29, 1.82) is 5.26 Å². The van der Waals surface area contributed by atoms with Gasteiger partial charge in [0.05, 0.1) is 11.6 Å². The summed E-state index contributed by atoms with van der Waals surface area (Å²) in [5.41, 5.74) is 3.07. The highest BCUT2D eigenvalue weighted by atomic mass is 16.2. The quantitative estimate of drug-likeness (QED) is 0.395. The van der Waals surface area contributed by atoms with E-state index in [-0.39, 0.29) is 29.8 Å². The second-order valence-corrected chi connectivity index (χ2v) is 10.9. The van der Waals surface area contributed by atoms with E-state index in [0.717, 1.165) is 95.8 Å². The van der Waals surface area contributed by atoms with Crippen LogP contribution in [0.2, 0.25) is 0 Å². The number of aryl methyl sites for hydroxylation is 2. The Labute approximate surface area is 222 Å². The summed E-state index contributed by atoms with van der Waals surface area (Å²) in [5.74, 6) is 0.437. The number of nitriles is 1. The third-order valence-electron chi connectivity index (χ3n) is 8.52. The molecule has 1 aromatic carbocycles. The van der Waals surface area contributed by atoms with Crippen LogP contribution < -0.4 is 0 Å². The highest BCUT2D eigenvalue weighted by Crippen LogP contribution is 2.30. The topological polar surface area (TPSA) is 69.3 Å². The van der Waals surface area contributed by atoms with E-state index >= 15 is 0 Å². The molecule has 2 fully saturated rings. The number of fused-ring (bicyclic) bond motifs is 1. The second-order valence-electron chi connectivity index (χ2n) is 10.9. The van der Waals surface area contributed by atoms with Crippen molar-refractivity contribution in [3.05, 3.63) is 35.5 Å². The Morgan fingerprint density at radius 2 is 1.76 bits per heavy atom. The predicted octanol–water partition coefficient (Wildman–Crippen LogP) is 6.05. The average Bonchev–Trinajstić information content (AvgIpc) is 3.55. The number of carbonyl (C=O) groups excluding carboxylic acids is 2. The first-order valence-corrected chi connectivity index (χ1v) is 14.7. The molecule has 0 saturated carbocycles. The Balaban J connectivity index is 1.48. The molecule has 2 aromatic rings. The largest absolute Gasteiger partial charge is 0.345 e. The summed E-state index contributed by atoms with van der Waals surface area (Å²) >= 11 is 0. The van der Waals surface area contributed by atoms with Gasteiger partial charge in [0.1, 0.15) is 6.04 Å². The van der Waals surface area contributed by atoms with Gasteiger partial charge in [-0.05, 0) is 88.3 Å². The van der Waals surface area contributed by atoms with Gasteiger partial charge in [0.25, 0.3) is 0 Å². The number of hydrogen-bond donors (Lipinski definition) is 0. The second kappa shape index (κ2) is 12.6. The van der Waals surface area contributed by atoms with Crippen molar-refractivity contribution in [3.8, 4) is 6.07 Å². The summed E-state index contributed by atoms with van der Waals surface area (Å²) in [4.78, 5) is 31.4. The van der Waals surface area contributed by atoms with E-state index in [4.69, 9.17) is 0 Å². The van der Waals surface area contributed by atoms with Crippen molar-refractivity contribution in [1.82, 2.24) is 14.4 Å². The molecule has 2 saturated heterocycles. The minimum Gasteiger partial charge on any atom is -0.345 e. The monoisotopic (exact) mass is 504 g/mol. The lowest BCUT2D eigenvalue weighted by Crippen LogP contribution is -2.53. The number of likely N-dealkylation sites (tertiary alicyclic amines) is 2. The molecule has 0 N–H and O–H groups in total. The Kier molecular flexibility index (Phi) is 9.29. The summed E-state index contributed by atoms with van der Waals surface area (Å²) in [5, 5.41) is 10.5. The molecule has 6 heteroatoms. The van der Waals surface area contributed by atoms with E-state index in [0.29, 0.717) is 5.56 Å². The van der Waals surface area contributed by atoms with E-state index < -0.39 is 0 Å². The molecule has 4 rings (SSSR count). The molecular weight excluding hydrogens is 460 g/mol. The Morgan fingerprint density at radius 1 is 1.00 bits per heavy atom. The summed E-state index contributed by atoms with van der Waals surface area (Å²) in [6.45, 7) is 8.81. The van der Waals surface area contributed by atoms with Crippen LogP contribution in [-0.4, -0.2) is 51.4 Å². The fourth-order valence-electron chi connectivity index (χ4n) is 6.67. The van der Waals surface area contributed by atoms with Gasteiger partial charge in [0.2, 0.25) is 11.8 Å². The molecule has 2 amide bonds. The fraction of sp³-hybridized carbons (Fsp3) is 0.645. The zero-order chi connectivity index (χ0) is 26.4. The van der Waals surface area contributed by atoms with Gasteiger partial charge in [-0.25, -0.2) is 0 Å². The van der Waals surface area contributed by atoms with Crippen LogP contribution in [0.3, 0.4) is 0 Å². The maximum atomic E-state index is 13.9. The fourth-order valence-corrected chi connectivity index (χ4v) is 6.67. The van der Waals surface area contributed by atoms with Crippen LogP contribution in [0.25, 0.3) is 10.9 Å². The molecule has 0 radical (unpaired) electrons. The molecule has 2 atom stereocenters. The molecule has 0 spiro atoms. The summed E-state index contributed by atoms with van der Waals surface area (Å²) in [6, 6.07) is 10.3. The zero-order valence-electron chi connectivity index (χ0n) is 23.0. The number of hydrogen-bond acceptors (Lipinski definition) is 3. The van der Waals surface area contributed by atoms with Crippen molar-refractivity contribution < 1.29 is 9.59 Å². The first-order chi connectivity index (χ1) is 18.0. The lowest BCUT2D eigenvalue weighted by atomic mass is 9.94. The van der Waals surface area contributed by atoms with Gasteiger partial charge in [-0.15, -0.1) is 0 Å². The van der Waals surface area contributed by atoms with Crippen molar-refractivity contribution in [3.63, 3.8) is 0 Å². The summed E-state index contributed by atoms with van der Waals surface area (Å²) < 4.78 is 2.31. The van der Waals surface area contributed by atoms with Crippen LogP contribution in [0, 0.1) is 17.2 Å². The molecular formula is C31H44N4O2.